The van der Waals surface area contributed by atoms with E-state index >= 15 is 0 Å². The Hall–Kier alpha value is -4.20. The molecule has 1 amide bonds. The van der Waals surface area contributed by atoms with Gasteiger partial charge in [0.25, 0.3) is 5.91 Å². The second-order valence-electron chi connectivity index (χ2n) is 9.08. The molecule has 2 heterocycles. The summed E-state index contributed by atoms with van der Waals surface area (Å²) in [5.74, 6) is -1.26. The summed E-state index contributed by atoms with van der Waals surface area (Å²) in [6.45, 7) is 1.63. The number of carboxylic acid groups (broad SMARTS) is 1. The Labute approximate surface area is 220 Å². The van der Waals surface area contributed by atoms with Gasteiger partial charge in [0.15, 0.2) is 5.96 Å². The lowest BCUT2D eigenvalue weighted by Crippen LogP contribution is -2.41. The molecule has 2 aromatic carbocycles. The number of hydrogen-bond donors (Lipinski definition) is 6. The van der Waals surface area contributed by atoms with E-state index in [0.29, 0.717) is 22.5 Å². The second kappa shape index (κ2) is 11.7. The smallest absolute Gasteiger partial charge is 0.416 e. The molecular formula is C25H27F4N7O3. The van der Waals surface area contributed by atoms with Crippen molar-refractivity contribution in [1.29, 1.82) is 0 Å². The molecular weight excluding hydrogens is 522 g/mol. The fraction of sp³-hybridized carbons (Fsp3) is 0.360. The van der Waals surface area contributed by atoms with Crippen molar-refractivity contribution in [3.8, 4) is 0 Å². The average molecular weight is 550 g/mol. The Morgan fingerprint density at radius 1 is 1.21 bits per heavy atom. The number of aryl methyl sites for hydroxylation is 1. The molecule has 0 fully saturated rings. The van der Waals surface area contributed by atoms with E-state index < -0.39 is 42.3 Å². The number of carboxylic acids is 1. The van der Waals surface area contributed by atoms with Crippen molar-refractivity contribution in [2.75, 3.05) is 31.5 Å². The van der Waals surface area contributed by atoms with Gasteiger partial charge in [-0.15, -0.1) is 0 Å². The molecule has 4 rings (SSSR count). The first-order valence-electron chi connectivity index (χ1n) is 12.1. The Bertz CT molecular complexity index is 1390. The number of halogens is 4. The number of fused-ring (bicyclic) bond motifs is 1. The minimum Gasteiger partial charge on any atom is -0.481 e. The molecule has 0 aliphatic carbocycles. The lowest BCUT2D eigenvalue weighted by molar-refractivity contribution is -0.138. The SMILES string of the molecule is Cc1ccc([C@H](CC(=O)O)NCCNC(=O)c2cc(NC3=NCC(F)CN3)c3cn[nH]c3c2)cc1C(F)(F)F. The summed E-state index contributed by atoms with van der Waals surface area (Å²) in [7, 11) is 0. The quantitative estimate of drug-likeness (QED) is 0.178. The topological polar surface area (TPSA) is 144 Å². The lowest BCUT2D eigenvalue weighted by Gasteiger charge is -2.20. The van der Waals surface area contributed by atoms with Gasteiger partial charge in [-0.3, -0.25) is 14.7 Å². The molecule has 1 aromatic heterocycles. The van der Waals surface area contributed by atoms with Gasteiger partial charge in [0.1, 0.15) is 6.17 Å². The van der Waals surface area contributed by atoms with Crippen LogP contribution in [0.4, 0.5) is 23.2 Å². The second-order valence-corrected chi connectivity index (χ2v) is 9.08. The highest BCUT2D eigenvalue weighted by molar-refractivity contribution is 6.07. The molecule has 1 aliphatic heterocycles. The van der Waals surface area contributed by atoms with Crippen molar-refractivity contribution in [1.82, 2.24) is 26.1 Å². The zero-order valence-electron chi connectivity index (χ0n) is 20.8. The highest BCUT2D eigenvalue weighted by Gasteiger charge is 2.33. The summed E-state index contributed by atoms with van der Waals surface area (Å²) >= 11 is 0. The van der Waals surface area contributed by atoms with E-state index in [0.717, 1.165) is 6.07 Å². The van der Waals surface area contributed by atoms with Gasteiger partial charge < -0.3 is 26.4 Å². The van der Waals surface area contributed by atoms with Crippen molar-refractivity contribution >= 4 is 34.4 Å². The number of aliphatic carboxylic acids is 1. The van der Waals surface area contributed by atoms with Crippen LogP contribution in [-0.4, -0.2) is 65.5 Å². The van der Waals surface area contributed by atoms with E-state index in [4.69, 9.17) is 0 Å². The van der Waals surface area contributed by atoms with Crippen LogP contribution in [-0.2, 0) is 11.0 Å². The standard InChI is InChI=1S/C25H27F4N7O3/c1-13-2-3-14(6-18(13)25(27,28)29)19(9-22(37)38)30-4-5-31-23(39)15-7-20(17-12-34-36-21(17)8-15)35-24-32-10-16(26)11-33-24/h2-3,6-8,12,16,19,30H,4-5,9-11H2,1H3,(H,31,39)(H,34,36)(H,37,38)(H2,32,33,35)/t19-/m0/s1. The molecule has 208 valence electrons. The molecule has 1 unspecified atom stereocenters. The number of H-pyrrole nitrogens is 1. The first-order chi connectivity index (χ1) is 18.5. The molecule has 3 aromatic rings. The summed E-state index contributed by atoms with van der Waals surface area (Å²) < 4.78 is 53.4. The van der Waals surface area contributed by atoms with Gasteiger partial charge in [-0.2, -0.15) is 18.3 Å². The van der Waals surface area contributed by atoms with Crippen molar-refractivity contribution < 1.29 is 32.3 Å². The van der Waals surface area contributed by atoms with E-state index in [2.05, 4.69) is 36.5 Å². The van der Waals surface area contributed by atoms with Gasteiger partial charge >= 0.3 is 12.1 Å². The third-order valence-electron chi connectivity index (χ3n) is 6.16. The minimum absolute atomic E-state index is 0.0139. The third-order valence-corrected chi connectivity index (χ3v) is 6.16. The maximum Gasteiger partial charge on any atom is 0.416 e. The van der Waals surface area contributed by atoms with Gasteiger partial charge in [-0.05, 0) is 36.2 Å². The van der Waals surface area contributed by atoms with Crippen molar-refractivity contribution in [3.05, 3.63) is 58.8 Å². The first kappa shape index (κ1) is 27.8. The van der Waals surface area contributed by atoms with Crippen molar-refractivity contribution in [2.24, 2.45) is 4.99 Å². The van der Waals surface area contributed by atoms with E-state index in [1.165, 1.54) is 19.1 Å². The summed E-state index contributed by atoms with van der Waals surface area (Å²) in [6.07, 6.45) is -4.52. The lowest BCUT2D eigenvalue weighted by atomic mass is 9.98. The number of rotatable bonds is 9. The highest BCUT2D eigenvalue weighted by atomic mass is 19.4. The van der Waals surface area contributed by atoms with Crippen LogP contribution in [0.15, 0.2) is 41.5 Å². The summed E-state index contributed by atoms with van der Waals surface area (Å²) in [6, 6.07) is 6.00. The zero-order chi connectivity index (χ0) is 28.2. The monoisotopic (exact) mass is 549 g/mol. The predicted molar refractivity (Wildman–Crippen MR) is 136 cm³/mol. The van der Waals surface area contributed by atoms with Crippen molar-refractivity contribution in [2.45, 2.75) is 31.7 Å². The number of nitrogens with zero attached hydrogens (tertiary/aromatic N) is 2. The molecule has 10 nitrogen and oxygen atoms in total. The fourth-order valence-electron chi connectivity index (χ4n) is 4.18. The molecule has 1 aliphatic rings. The number of aromatic amines is 1. The number of amides is 1. The number of carbonyl (C=O) groups is 2. The first-order valence-corrected chi connectivity index (χ1v) is 12.1. The van der Waals surface area contributed by atoms with Gasteiger partial charge in [0.05, 0.1) is 42.5 Å². The van der Waals surface area contributed by atoms with Crippen LogP contribution >= 0.6 is 0 Å². The summed E-state index contributed by atoms with van der Waals surface area (Å²) in [5, 5.41) is 28.3. The number of alkyl halides is 4. The normalized spacial score (nSPS) is 16.3. The van der Waals surface area contributed by atoms with Gasteiger partial charge in [0.2, 0.25) is 0 Å². The van der Waals surface area contributed by atoms with Crippen LogP contribution in [0.25, 0.3) is 10.9 Å². The number of aromatic nitrogens is 2. The number of anilines is 1. The Morgan fingerprint density at radius 2 is 2.00 bits per heavy atom. The molecule has 6 N–H and O–H groups in total. The molecule has 2 atom stereocenters. The zero-order valence-corrected chi connectivity index (χ0v) is 20.8. The number of carbonyl (C=O) groups excluding carboxylic acids is 1. The number of guanidine groups is 1. The fourth-order valence-corrected chi connectivity index (χ4v) is 4.18. The van der Waals surface area contributed by atoms with Gasteiger partial charge in [0, 0.05) is 30.1 Å². The third kappa shape index (κ3) is 7.02. The Morgan fingerprint density at radius 3 is 2.69 bits per heavy atom. The maximum atomic E-state index is 13.4. The summed E-state index contributed by atoms with van der Waals surface area (Å²) in [4.78, 5) is 28.3. The number of aliphatic imine (C=N–C) groups is 1. The molecule has 0 radical (unpaired) electrons. The molecule has 0 saturated heterocycles. The maximum absolute atomic E-state index is 13.4. The molecule has 39 heavy (non-hydrogen) atoms. The highest BCUT2D eigenvalue weighted by Crippen LogP contribution is 2.34. The van der Waals surface area contributed by atoms with Gasteiger partial charge in [-0.1, -0.05) is 12.1 Å². The number of benzene rings is 2. The Balaban J connectivity index is 1.41. The van der Waals surface area contributed by atoms with E-state index in [-0.39, 0.29) is 42.9 Å². The molecule has 0 spiro atoms. The van der Waals surface area contributed by atoms with E-state index in [9.17, 15) is 32.3 Å². The molecule has 0 bridgehead atoms. The van der Waals surface area contributed by atoms with E-state index in [1.807, 2.05) is 0 Å². The van der Waals surface area contributed by atoms with Crippen molar-refractivity contribution in [3.63, 3.8) is 0 Å². The average Bonchev–Trinajstić information content (AvgIpc) is 3.36. The molecule has 0 saturated carbocycles. The van der Waals surface area contributed by atoms with Crippen LogP contribution in [0.2, 0.25) is 0 Å². The minimum atomic E-state index is -4.57. The van der Waals surface area contributed by atoms with Crippen LogP contribution in [0, 0.1) is 6.92 Å². The molecule has 14 heteroatoms. The largest absolute Gasteiger partial charge is 0.481 e. The van der Waals surface area contributed by atoms with Crippen LogP contribution in [0.5, 0.6) is 0 Å². The van der Waals surface area contributed by atoms with Gasteiger partial charge in [-0.25, -0.2) is 9.38 Å². The van der Waals surface area contributed by atoms with Crippen LogP contribution < -0.4 is 21.3 Å². The van der Waals surface area contributed by atoms with Crippen LogP contribution in [0.3, 0.4) is 0 Å². The Kier molecular flexibility index (Phi) is 8.33. The van der Waals surface area contributed by atoms with E-state index in [1.54, 1.807) is 18.3 Å². The van der Waals surface area contributed by atoms with Crippen LogP contribution in [0.1, 0.15) is 39.5 Å². The predicted octanol–water partition coefficient (Wildman–Crippen LogP) is 3.13. The number of hydrogen-bond acceptors (Lipinski definition) is 7. The number of nitrogens with one attached hydrogen (secondary N) is 5. The summed E-state index contributed by atoms with van der Waals surface area (Å²) in [5.41, 5.74) is 0.764.